The number of nitrogens with zero attached hydrogens (tertiary/aromatic N) is 1. The van der Waals surface area contributed by atoms with Gasteiger partial charge < -0.3 is 0 Å². The molecule has 0 N–H and O–H groups in total. The Hall–Kier alpha value is -2.19. The minimum atomic E-state index is 0.951. The van der Waals surface area contributed by atoms with Gasteiger partial charge in [-0.15, -0.1) is 0 Å². The van der Waals surface area contributed by atoms with E-state index in [1.54, 1.807) is 0 Å². The molecule has 0 unspecified atom stereocenters. The molecular formula is C21H16BrN. The number of para-hydroxylation sites is 1. The Balaban J connectivity index is 1.77. The zero-order valence-corrected chi connectivity index (χ0v) is 14.3. The summed E-state index contributed by atoms with van der Waals surface area (Å²) in [4.78, 5) is 4.93. The second-order valence-corrected chi connectivity index (χ2v) is 6.66. The lowest BCUT2D eigenvalue weighted by Crippen LogP contribution is -1.97. The average molecular weight is 362 g/mol. The Morgan fingerprint density at radius 1 is 0.652 bits per heavy atom. The van der Waals surface area contributed by atoms with Gasteiger partial charge in [0.05, 0.1) is 5.52 Å². The van der Waals surface area contributed by atoms with Crippen LogP contribution in [-0.4, -0.2) is 4.98 Å². The number of aryl methyl sites for hydroxylation is 2. The summed E-state index contributed by atoms with van der Waals surface area (Å²) in [6.07, 6.45) is 1.95. The highest BCUT2D eigenvalue weighted by atomic mass is 79.9. The van der Waals surface area contributed by atoms with E-state index in [1.165, 1.54) is 27.4 Å². The minimum Gasteiger partial charge on any atom is -0.252 e. The monoisotopic (exact) mass is 361 g/mol. The number of aromatic nitrogens is 1. The number of pyridine rings is 1. The fourth-order valence-corrected chi connectivity index (χ4v) is 3.34. The maximum atomic E-state index is 4.93. The molecule has 112 valence electrons. The molecule has 4 aromatic rings. The summed E-state index contributed by atoms with van der Waals surface area (Å²) in [6.45, 7) is 0. The average Bonchev–Trinajstić information content (AvgIpc) is 2.61. The van der Waals surface area contributed by atoms with Gasteiger partial charge in [-0.1, -0.05) is 70.5 Å². The molecule has 2 heteroatoms. The maximum Gasteiger partial charge on any atom is 0.0711 e. The van der Waals surface area contributed by atoms with Crippen molar-refractivity contribution >= 4 is 37.6 Å². The van der Waals surface area contributed by atoms with E-state index < -0.39 is 0 Å². The van der Waals surface area contributed by atoms with Gasteiger partial charge >= 0.3 is 0 Å². The van der Waals surface area contributed by atoms with E-state index in [0.29, 0.717) is 0 Å². The molecule has 0 radical (unpaired) electrons. The first-order valence-corrected chi connectivity index (χ1v) is 8.61. The van der Waals surface area contributed by atoms with E-state index in [1.807, 2.05) is 0 Å². The van der Waals surface area contributed by atoms with Crippen molar-refractivity contribution in [2.45, 2.75) is 12.8 Å². The molecule has 1 heterocycles. The Labute approximate surface area is 144 Å². The van der Waals surface area contributed by atoms with Crippen LogP contribution >= 0.6 is 15.9 Å². The van der Waals surface area contributed by atoms with Gasteiger partial charge in [-0.25, -0.2) is 0 Å². The highest BCUT2D eigenvalue weighted by Crippen LogP contribution is 2.27. The molecule has 0 aliphatic carbocycles. The Kier molecular flexibility index (Phi) is 3.84. The van der Waals surface area contributed by atoms with Gasteiger partial charge in [0.1, 0.15) is 0 Å². The van der Waals surface area contributed by atoms with Gasteiger partial charge in [0.15, 0.2) is 0 Å². The lowest BCUT2D eigenvalue weighted by atomic mass is 10.0. The Morgan fingerprint density at radius 2 is 1.30 bits per heavy atom. The van der Waals surface area contributed by atoms with Crippen molar-refractivity contribution in [3.05, 3.63) is 88.5 Å². The molecule has 0 saturated carbocycles. The fourth-order valence-electron chi connectivity index (χ4n) is 3.08. The first kappa shape index (κ1) is 14.4. The summed E-state index contributed by atoms with van der Waals surface area (Å²) in [5.74, 6) is 0. The molecule has 0 amide bonds. The second-order valence-electron chi connectivity index (χ2n) is 5.75. The summed E-state index contributed by atoms with van der Waals surface area (Å²) in [5, 5.41) is 3.79. The van der Waals surface area contributed by atoms with E-state index in [9.17, 15) is 0 Å². The first-order valence-electron chi connectivity index (χ1n) is 7.82. The maximum absolute atomic E-state index is 4.93. The molecule has 23 heavy (non-hydrogen) atoms. The van der Waals surface area contributed by atoms with Gasteiger partial charge in [-0.05, 0) is 42.0 Å². The smallest absolute Gasteiger partial charge is 0.0711 e. The van der Waals surface area contributed by atoms with Gasteiger partial charge in [0.2, 0.25) is 0 Å². The lowest BCUT2D eigenvalue weighted by Gasteiger charge is -2.10. The number of fused-ring (bicyclic) bond motifs is 3. The first-order chi connectivity index (χ1) is 11.3. The quantitative estimate of drug-likeness (QED) is 0.411. The number of hydrogen-bond donors (Lipinski definition) is 0. The van der Waals surface area contributed by atoms with Crippen molar-refractivity contribution in [1.29, 1.82) is 0 Å². The van der Waals surface area contributed by atoms with E-state index >= 15 is 0 Å². The summed E-state index contributed by atoms with van der Waals surface area (Å²) in [6, 6.07) is 25.5. The van der Waals surface area contributed by atoms with E-state index in [0.717, 1.165) is 22.8 Å². The van der Waals surface area contributed by atoms with Crippen LogP contribution in [0.4, 0.5) is 0 Å². The van der Waals surface area contributed by atoms with Crippen LogP contribution in [-0.2, 0) is 12.8 Å². The molecular weight excluding hydrogens is 346 g/mol. The number of rotatable bonds is 3. The van der Waals surface area contributed by atoms with Crippen molar-refractivity contribution in [3.8, 4) is 0 Å². The normalized spacial score (nSPS) is 11.2. The van der Waals surface area contributed by atoms with Crippen LogP contribution in [0.15, 0.2) is 77.3 Å². The van der Waals surface area contributed by atoms with Crippen LogP contribution in [0.2, 0.25) is 0 Å². The third-order valence-electron chi connectivity index (χ3n) is 4.25. The van der Waals surface area contributed by atoms with E-state index in [4.69, 9.17) is 4.98 Å². The Bertz CT molecular complexity index is 974. The molecule has 0 spiro atoms. The molecule has 0 aliphatic rings. The van der Waals surface area contributed by atoms with Crippen molar-refractivity contribution < 1.29 is 0 Å². The summed E-state index contributed by atoms with van der Waals surface area (Å²) in [5.41, 5.74) is 3.60. The van der Waals surface area contributed by atoms with Crippen LogP contribution in [0, 0.1) is 0 Å². The molecule has 0 aliphatic heterocycles. The topological polar surface area (TPSA) is 12.9 Å². The van der Waals surface area contributed by atoms with Gasteiger partial charge in [0, 0.05) is 20.9 Å². The zero-order chi connectivity index (χ0) is 15.6. The molecule has 0 atom stereocenters. The van der Waals surface area contributed by atoms with Crippen LogP contribution in [0.1, 0.15) is 11.3 Å². The second kappa shape index (κ2) is 6.13. The number of halogens is 1. The predicted octanol–water partition coefficient (Wildman–Crippen LogP) is 5.94. The molecule has 0 saturated heterocycles. The minimum absolute atomic E-state index is 0.951. The summed E-state index contributed by atoms with van der Waals surface area (Å²) in [7, 11) is 0. The standard InChI is InChI=1S/C21H16BrN/c22-16-12-9-15(10-13-16)11-14-21-19-6-2-1-5-17(19)18-7-3-4-8-20(18)23-21/h1-10,12-13H,11,14H2. The molecule has 1 nitrogen and oxygen atoms in total. The van der Waals surface area contributed by atoms with Crippen LogP contribution in [0.25, 0.3) is 21.7 Å². The molecule has 4 rings (SSSR count). The van der Waals surface area contributed by atoms with Crippen molar-refractivity contribution in [2.24, 2.45) is 0 Å². The number of hydrogen-bond acceptors (Lipinski definition) is 1. The largest absolute Gasteiger partial charge is 0.252 e. The Morgan fingerprint density at radius 3 is 2.09 bits per heavy atom. The SMILES string of the molecule is Brc1ccc(CCc2nc3ccccc3c3ccccc23)cc1. The van der Waals surface area contributed by atoms with Gasteiger partial charge in [0.25, 0.3) is 0 Å². The van der Waals surface area contributed by atoms with Crippen molar-refractivity contribution in [2.75, 3.05) is 0 Å². The van der Waals surface area contributed by atoms with Gasteiger partial charge in [-0.2, -0.15) is 0 Å². The third kappa shape index (κ3) is 2.87. The highest BCUT2D eigenvalue weighted by molar-refractivity contribution is 9.10. The van der Waals surface area contributed by atoms with Gasteiger partial charge in [-0.3, -0.25) is 4.98 Å². The molecule has 0 bridgehead atoms. The zero-order valence-electron chi connectivity index (χ0n) is 12.7. The van der Waals surface area contributed by atoms with Crippen molar-refractivity contribution in [1.82, 2.24) is 4.98 Å². The van der Waals surface area contributed by atoms with E-state index in [2.05, 4.69) is 88.7 Å². The molecule has 3 aromatic carbocycles. The fraction of sp³-hybridized carbons (Fsp3) is 0.0952. The predicted molar refractivity (Wildman–Crippen MR) is 101 cm³/mol. The van der Waals surface area contributed by atoms with E-state index in [-0.39, 0.29) is 0 Å². The summed E-state index contributed by atoms with van der Waals surface area (Å²) >= 11 is 3.49. The van der Waals surface area contributed by atoms with Crippen LogP contribution in [0.3, 0.4) is 0 Å². The van der Waals surface area contributed by atoms with Crippen LogP contribution in [0.5, 0.6) is 0 Å². The summed E-state index contributed by atoms with van der Waals surface area (Å²) < 4.78 is 1.12. The third-order valence-corrected chi connectivity index (χ3v) is 4.78. The number of benzene rings is 3. The van der Waals surface area contributed by atoms with Crippen LogP contribution < -0.4 is 0 Å². The molecule has 1 aromatic heterocycles. The lowest BCUT2D eigenvalue weighted by molar-refractivity contribution is 0.933. The highest BCUT2D eigenvalue weighted by Gasteiger charge is 2.07. The molecule has 0 fully saturated rings. The van der Waals surface area contributed by atoms with Crippen molar-refractivity contribution in [3.63, 3.8) is 0 Å².